The largest absolute Gasteiger partial charge is 0.455 e. The van der Waals surface area contributed by atoms with Crippen LogP contribution < -0.4 is 15.4 Å². The summed E-state index contributed by atoms with van der Waals surface area (Å²) in [5, 5.41) is 6.07. The Morgan fingerprint density at radius 3 is 2.41 bits per heavy atom. The van der Waals surface area contributed by atoms with Crippen molar-refractivity contribution in [1.29, 1.82) is 0 Å². The average Bonchev–Trinajstić information content (AvgIpc) is 2.57. The Morgan fingerprint density at radius 2 is 1.74 bits per heavy atom. The first-order valence-corrected chi connectivity index (χ1v) is 9.01. The number of benzene rings is 2. The van der Waals surface area contributed by atoms with Crippen LogP contribution in [-0.2, 0) is 9.59 Å². The topological polar surface area (TPSA) is 70.7 Å². The third-order valence-corrected chi connectivity index (χ3v) is 3.70. The molecule has 2 aromatic rings. The second-order valence-electron chi connectivity index (χ2n) is 6.50. The minimum Gasteiger partial charge on any atom is -0.455 e. The van der Waals surface area contributed by atoms with Crippen molar-refractivity contribution < 1.29 is 14.3 Å². The second-order valence-corrected chi connectivity index (χ2v) is 6.93. The van der Waals surface area contributed by atoms with E-state index in [9.17, 15) is 9.59 Å². The fourth-order valence-electron chi connectivity index (χ4n) is 2.41. The number of carbonyl (C=O) groups excluding carboxylic acids is 2. The third-order valence-electron chi connectivity index (χ3n) is 3.46. The number of hydrogen-bond donors (Lipinski definition) is 2. The van der Waals surface area contributed by atoms with Crippen LogP contribution in [-0.4, -0.2) is 42.9 Å². The van der Waals surface area contributed by atoms with Gasteiger partial charge in [-0.2, -0.15) is 0 Å². The molecule has 0 aromatic heterocycles. The van der Waals surface area contributed by atoms with Crippen molar-refractivity contribution in [3.05, 3.63) is 53.6 Å². The maximum Gasteiger partial charge on any atom is 0.238 e. The first-order chi connectivity index (χ1) is 12.8. The number of nitrogens with zero attached hydrogens (tertiary/aromatic N) is 1. The predicted molar refractivity (Wildman–Crippen MR) is 107 cm³/mol. The highest BCUT2D eigenvalue weighted by Gasteiger charge is 2.14. The van der Waals surface area contributed by atoms with Gasteiger partial charge in [-0.1, -0.05) is 29.8 Å². The molecule has 0 aliphatic carbocycles. The number of halogens is 1. The molecule has 2 rings (SSSR count). The van der Waals surface area contributed by atoms with Gasteiger partial charge in [-0.05, 0) is 51.2 Å². The van der Waals surface area contributed by atoms with Crippen LogP contribution in [0.15, 0.2) is 48.5 Å². The lowest BCUT2D eigenvalue weighted by molar-refractivity contribution is -0.123. The van der Waals surface area contributed by atoms with Gasteiger partial charge in [0.2, 0.25) is 11.8 Å². The molecule has 0 saturated heterocycles. The number of rotatable bonds is 8. The number of nitrogens with one attached hydrogen (secondary N) is 2. The van der Waals surface area contributed by atoms with Crippen LogP contribution >= 0.6 is 11.6 Å². The molecule has 0 spiro atoms. The van der Waals surface area contributed by atoms with Crippen molar-refractivity contribution in [2.45, 2.75) is 19.9 Å². The Balaban J connectivity index is 2.00. The zero-order valence-corrected chi connectivity index (χ0v) is 16.4. The van der Waals surface area contributed by atoms with Crippen LogP contribution in [0.4, 0.5) is 5.69 Å². The van der Waals surface area contributed by atoms with E-state index in [1.54, 1.807) is 30.1 Å². The summed E-state index contributed by atoms with van der Waals surface area (Å²) in [5.41, 5.74) is 0.469. The van der Waals surface area contributed by atoms with Gasteiger partial charge in [0.05, 0.1) is 18.8 Å². The van der Waals surface area contributed by atoms with Gasteiger partial charge < -0.3 is 15.4 Å². The monoisotopic (exact) mass is 389 g/mol. The normalized spacial score (nSPS) is 10.7. The molecule has 0 atom stereocenters. The van der Waals surface area contributed by atoms with Crippen molar-refractivity contribution in [2.24, 2.45) is 0 Å². The van der Waals surface area contributed by atoms with Gasteiger partial charge in [0.1, 0.15) is 5.75 Å². The second kappa shape index (κ2) is 9.94. The standard InChI is InChI=1S/C20H24ClN3O3/c1-14(2)22-19(25)12-24(3)13-20(26)23-17-11-15(21)9-10-18(17)27-16-7-5-4-6-8-16/h4-11,14H,12-13H2,1-3H3,(H,22,25)(H,23,26). The first kappa shape index (κ1) is 20.7. The summed E-state index contributed by atoms with van der Waals surface area (Å²) < 4.78 is 5.83. The highest BCUT2D eigenvalue weighted by molar-refractivity contribution is 6.31. The number of likely N-dealkylation sites (N-methyl/N-ethyl adjacent to an activating group) is 1. The predicted octanol–water partition coefficient (Wildman–Crippen LogP) is 3.53. The van der Waals surface area contributed by atoms with Crippen LogP contribution in [0.25, 0.3) is 0 Å². The van der Waals surface area contributed by atoms with E-state index in [1.165, 1.54) is 0 Å². The lowest BCUT2D eigenvalue weighted by atomic mass is 10.2. The van der Waals surface area contributed by atoms with E-state index < -0.39 is 0 Å². The fraction of sp³-hybridized carbons (Fsp3) is 0.300. The van der Waals surface area contributed by atoms with Gasteiger partial charge in [-0.25, -0.2) is 0 Å². The smallest absolute Gasteiger partial charge is 0.238 e. The number of carbonyl (C=O) groups is 2. The van der Waals surface area contributed by atoms with Gasteiger partial charge in [0, 0.05) is 11.1 Å². The van der Waals surface area contributed by atoms with E-state index in [0.717, 1.165) is 0 Å². The molecule has 2 amide bonds. The molecule has 6 nitrogen and oxygen atoms in total. The summed E-state index contributed by atoms with van der Waals surface area (Å²) in [7, 11) is 1.71. The Labute approximate surface area is 164 Å². The molecule has 0 aliphatic rings. The van der Waals surface area contributed by atoms with Gasteiger partial charge in [0.25, 0.3) is 0 Å². The number of hydrogen-bond acceptors (Lipinski definition) is 4. The Bertz CT molecular complexity index is 781. The van der Waals surface area contributed by atoms with Gasteiger partial charge in [-0.15, -0.1) is 0 Å². The van der Waals surface area contributed by atoms with E-state index in [2.05, 4.69) is 10.6 Å². The van der Waals surface area contributed by atoms with E-state index in [-0.39, 0.29) is 30.9 Å². The molecule has 2 N–H and O–H groups in total. The van der Waals surface area contributed by atoms with Gasteiger partial charge >= 0.3 is 0 Å². The minimum atomic E-state index is -0.268. The molecule has 0 bridgehead atoms. The summed E-state index contributed by atoms with van der Waals surface area (Å²) in [6.07, 6.45) is 0. The summed E-state index contributed by atoms with van der Waals surface area (Å²) in [4.78, 5) is 25.8. The van der Waals surface area contributed by atoms with Crippen molar-refractivity contribution in [3.63, 3.8) is 0 Å². The van der Waals surface area contributed by atoms with E-state index in [0.29, 0.717) is 22.2 Å². The van der Waals surface area contributed by atoms with Crippen molar-refractivity contribution in [3.8, 4) is 11.5 Å². The Kier molecular flexibility index (Phi) is 7.64. The number of ether oxygens (including phenoxy) is 1. The minimum absolute atomic E-state index is 0.0583. The lowest BCUT2D eigenvalue weighted by Gasteiger charge is -2.18. The molecular weight excluding hydrogens is 366 g/mol. The van der Waals surface area contributed by atoms with Gasteiger partial charge in [0.15, 0.2) is 5.75 Å². The summed E-state index contributed by atoms with van der Waals surface area (Å²) in [6.45, 7) is 3.97. The summed E-state index contributed by atoms with van der Waals surface area (Å²) in [5.74, 6) is 0.739. The average molecular weight is 390 g/mol. The Hall–Kier alpha value is -2.57. The molecule has 0 fully saturated rings. The summed E-state index contributed by atoms with van der Waals surface area (Å²) in [6, 6.07) is 14.3. The maximum absolute atomic E-state index is 12.4. The number of para-hydroxylation sites is 1. The zero-order valence-electron chi connectivity index (χ0n) is 15.7. The van der Waals surface area contributed by atoms with Crippen molar-refractivity contribution >= 4 is 29.1 Å². The number of anilines is 1. The molecule has 2 aromatic carbocycles. The van der Waals surface area contributed by atoms with Crippen LogP contribution in [0.1, 0.15) is 13.8 Å². The van der Waals surface area contributed by atoms with Gasteiger partial charge in [-0.3, -0.25) is 14.5 Å². The molecule has 0 radical (unpaired) electrons. The molecule has 0 aliphatic heterocycles. The Morgan fingerprint density at radius 1 is 1.07 bits per heavy atom. The molecule has 0 saturated carbocycles. The molecular formula is C20H24ClN3O3. The van der Waals surface area contributed by atoms with E-state index in [1.807, 2.05) is 44.2 Å². The SMILES string of the molecule is CC(C)NC(=O)CN(C)CC(=O)Nc1cc(Cl)ccc1Oc1ccccc1. The quantitative estimate of drug-likeness (QED) is 0.724. The molecule has 0 heterocycles. The van der Waals surface area contributed by atoms with Crippen LogP contribution in [0.3, 0.4) is 0 Å². The highest BCUT2D eigenvalue weighted by Crippen LogP contribution is 2.31. The fourth-order valence-corrected chi connectivity index (χ4v) is 2.58. The lowest BCUT2D eigenvalue weighted by Crippen LogP contribution is -2.41. The summed E-state index contributed by atoms with van der Waals surface area (Å²) >= 11 is 6.06. The van der Waals surface area contributed by atoms with Crippen molar-refractivity contribution in [2.75, 3.05) is 25.5 Å². The zero-order chi connectivity index (χ0) is 19.8. The molecule has 7 heteroatoms. The molecule has 27 heavy (non-hydrogen) atoms. The maximum atomic E-state index is 12.4. The van der Waals surface area contributed by atoms with Crippen LogP contribution in [0.5, 0.6) is 11.5 Å². The number of amides is 2. The van der Waals surface area contributed by atoms with Crippen LogP contribution in [0, 0.1) is 0 Å². The van der Waals surface area contributed by atoms with Crippen molar-refractivity contribution in [1.82, 2.24) is 10.2 Å². The third kappa shape index (κ3) is 7.29. The molecule has 0 unspecified atom stereocenters. The van der Waals surface area contributed by atoms with E-state index in [4.69, 9.17) is 16.3 Å². The first-order valence-electron chi connectivity index (χ1n) is 8.63. The molecule has 144 valence electrons. The van der Waals surface area contributed by atoms with Crippen LogP contribution in [0.2, 0.25) is 5.02 Å². The highest BCUT2D eigenvalue weighted by atomic mass is 35.5. The van der Waals surface area contributed by atoms with E-state index >= 15 is 0 Å².